The van der Waals surface area contributed by atoms with Crippen LogP contribution in [0.15, 0.2) is 54.6 Å². The summed E-state index contributed by atoms with van der Waals surface area (Å²) in [6.07, 6.45) is 0.861. The molecular formula is C25H28N6O. The van der Waals surface area contributed by atoms with Gasteiger partial charge in [-0.15, -0.1) is 0 Å². The van der Waals surface area contributed by atoms with Crippen LogP contribution in [0.4, 0.5) is 0 Å². The molecule has 0 saturated carbocycles. The largest absolute Gasteiger partial charge is 0.343 e. The predicted octanol–water partition coefficient (Wildman–Crippen LogP) is 3.08. The number of hydrogen-bond acceptors (Lipinski definition) is 4. The van der Waals surface area contributed by atoms with Crippen LogP contribution in [0.5, 0.6) is 0 Å². The number of aromatic nitrogens is 4. The van der Waals surface area contributed by atoms with Crippen LogP contribution in [0.3, 0.4) is 0 Å². The Hall–Kier alpha value is -3.45. The number of carbonyl (C=O) groups is 1. The average Bonchev–Trinajstić information content (AvgIpc) is 3.31. The van der Waals surface area contributed by atoms with E-state index in [9.17, 15) is 4.79 Å². The number of hydrogen-bond donors (Lipinski definition) is 0. The Kier molecular flexibility index (Phi) is 5.27. The monoisotopic (exact) mass is 428 g/mol. The Balaban J connectivity index is 1.45. The average molecular weight is 429 g/mol. The SMILES string of the molecule is CN(C)C(=O)c1nn(Cc2ccccc2)c2c1CN(Cc1nc3ccccc3n1C)CC2. The number of imidazole rings is 1. The number of para-hydroxylation sites is 2. The van der Waals surface area contributed by atoms with E-state index in [1.165, 1.54) is 11.3 Å². The highest BCUT2D eigenvalue weighted by atomic mass is 16.2. The third-order valence-corrected chi connectivity index (χ3v) is 6.24. The maximum Gasteiger partial charge on any atom is 0.274 e. The lowest BCUT2D eigenvalue weighted by molar-refractivity contribution is 0.0818. The summed E-state index contributed by atoms with van der Waals surface area (Å²) in [5, 5.41) is 4.78. The van der Waals surface area contributed by atoms with E-state index < -0.39 is 0 Å². The van der Waals surface area contributed by atoms with E-state index in [0.29, 0.717) is 18.8 Å². The molecule has 3 heterocycles. The first-order valence-electron chi connectivity index (χ1n) is 11.0. The van der Waals surface area contributed by atoms with Crippen LogP contribution in [-0.4, -0.2) is 55.7 Å². The van der Waals surface area contributed by atoms with Gasteiger partial charge in [0.15, 0.2) is 5.69 Å². The van der Waals surface area contributed by atoms with Crippen molar-refractivity contribution in [3.05, 3.63) is 82.9 Å². The van der Waals surface area contributed by atoms with Crippen molar-refractivity contribution >= 4 is 16.9 Å². The third kappa shape index (κ3) is 3.69. The standard InChI is InChI=1S/C25H28N6O/c1-28(2)25(32)24-19-16-30(17-23-26-20-11-7-8-12-22(20)29(23)3)14-13-21(19)31(27-24)15-18-9-5-4-6-10-18/h4-12H,13-17H2,1-3H3. The molecule has 0 fully saturated rings. The quantitative estimate of drug-likeness (QED) is 0.490. The molecule has 0 spiro atoms. The van der Waals surface area contributed by atoms with Gasteiger partial charge in [0.05, 0.1) is 24.1 Å². The zero-order chi connectivity index (χ0) is 22.2. The molecular weight excluding hydrogens is 400 g/mol. The van der Waals surface area contributed by atoms with E-state index in [1.807, 2.05) is 35.0 Å². The van der Waals surface area contributed by atoms with Crippen molar-refractivity contribution in [3.8, 4) is 0 Å². The fourth-order valence-corrected chi connectivity index (χ4v) is 4.49. The molecule has 7 nitrogen and oxygen atoms in total. The summed E-state index contributed by atoms with van der Waals surface area (Å²) in [6, 6.07) is 18.5. The van der Waals surface area contributed by atoms with Gasteiger partial charge < -0.3 is 9.47 Å². The van der Waals surface area contributed by atoms with E-state index in [4.69, 9.17) is 10.1 Å². The van der Waals surface area contributed by atoms with E-state index >= 15 is 0 Å². The van der Waals surface area contributed by atoms with Crippen molar-refractivity contribution < 1.29 is 4.79 Å². The van der Waals surface area contributed by atoms with Crippen LogP contribution in [-0.2, 0) is 33.1 Å². The van der Waals surface area contributed by atoms with Gasteiger partial charge in [0, 0.05) is 51.9 Å². The van der Waals surface area contributed by atoms with E-state index in [-0.39, 0.29) is 5.91 Å². The van der Waals surface area contributed by atoms with Gasteiger partial charge in [0.2, 0.25) is 0 Å². The minimum atomic E-state index is -0.0439. The number of carbonyl (C=O) groups excluding carboxylic acids is 1. The Bertz CT molecular complexity index is 1270. The van der Waals surface area contributed by atoms with Crippen LogP contribution in [0.25, 0.3) is 11.0 Å². The Labute approximate surface area is 187 Å². The predicted molar refractivity (Wildman–Crippen MR) is 124 cm³/mol. The van der Waals surface area contributed by atoms with Crippen LogP contribution < -0.4 is 0 Å². The van der Waals surface area contributed by atoms with E-state index in [2.05, 4.69) is 40.8 Å². The van der Waals surface area contributed by atoms with Gasteiger partial charge in [-0.25, -0.2) is 4.98 Å². The van der Waals surface area contributed by atoms with Crippen molar-refractivity contribution in [1.29, 1.82) is 0 Å². The first-order valence-corrected chi connectivity index (χ1v) is 11.0. The van der Waals surface area contributed by atoms with Gasteiger partial charge in [-0.1, -0.05) is 42.5 Å². The molecule has 0 atom stereocenters. The Morgan fingerprint density at radius 2 is 1.78 bits per heavy atom. The maximum absolute atomic E-state index is 12.9. The molecule has 164 valence electrons. The smallest absolute Gasteiger partial charge is 0.274 e. The van der Waals surface area contributed by atoms with Crippen LogP contribution in [0.1, 0.15) is 33.1 Å². The van der Waals surface area contributed by atoms with Gasteiger partial charge in [0.1, 0.15) is 5.82 Å². The zero-order valence-electron chi connectivity index (χ0n) is 18.8. The van der Waals surface area contributed by atoms with Crippen molar-refractivity contribution in [3.63, 3.8) is 0 Å². The van der Waals surface area contributed by atoms with Crippen LogP contribution in [0, 0.1) is 0 Å². The minimum Gasteiger partial charge on any atom is -0.343 e. The summed E-state index contributed by atoms with van der Waals surface area (Å²) in [5.41, 5.74) is 6.12. The first kappa shape index (κ1) is 20.5. The highest BCUT2D eigenvalue weighted by molar-refractivity contribution is 5.93. The number of fused-ring (bicyclic) bond motifs is 2. The second kappa shape index (κ2) is 8.24. The fourth-order valence-electron chi connectivity index (χ4n) is 4.49. The molecule has 0 aliphatic carbocycles. The van der Waals surface area contributed by atoms with Crippen LogP contribution >= 0.6 is 0 Å². The van der Waals surface area contributed by atoms with E-state index in [1.54, 1.807) is 19.0 Å². The van der Waals surface area contributed by atoms with Crippen LogP contribution in [0.2, 0.25) is 0 Å². The summed E-state index contributed by atoms with van der Waals surface area (Å²) in [5.74, 6) is 0.990. The Morgan fingerprint density at radius 3 is 2.53 bits per heavy atom. The zero-order valence-corrected chi connectivity index (χ0v) is 18.8. The second-order valence-electron chi connectivity index (χ2n) is 8.65. The number of rotatable bonds is 5. The summed E-state index contributed by atoms with van der Waals surface area (Å²) < 4.78 is 4.18. The molecule has 1 aliphatic heterocycles. The molecule has 2 aromatic heterocycles. The topological polar surface area (TPSA) is 59.2 Å². The first-order chi connectivity index (χ1) is 15.5. The number of aryl methyl sites for hydroxylation is 1. The lowest BCUT2D eigenvalue weighted by atomic mass is 10.0. The number of amides is 1. The van der Waals surface area contributed by atoms with Crippen molar-refractivity contribution in [2.24, 2.45) is 7.05 Å². The van der Waals surface area contributed by atoms with Gasteiger partial charge in [-0.2, -0.15) is 5.10 Å². The molecule has 1 aliphatic rings. The third-order valence-electron chi connectivity index (χ3n) is 6.24. The number of benzene rings is 2. The highest BCUT2D eigenvalue weighted by Gasteiger charge is 2.29. The molecule has 0 unspecified atom stereocenters. The second-order valence-corrected chi connectivity index (χ2v) is 8.65. The molecule has 5 rings (SSSR count). The minimum absolute atomic E-state index is 0.0439. The molecule has 0 radical (unpaired) electrons. The molecule has 0 saturated heterocycles. The Morgan fingerprint density at radius 1 is 1.03 bits per heavy atom. The van der Waals surface area contributed by atoms with Gasteiger partial charge in [0.25, 0.3) is 5.91 Å². The lowest BCUT2D eigenvalue weighted by Crippen LogP contribution is -2.33. The fraction of sp³-hybridized carbons (Fsp3) is 0.320. The van der Waals surface area contributed by atoms with Crippen molar-refractivity contribution in [2.75, 3.05) is 20.6 Å². The molecule has 1 amide bonds. The van der Waals surface area contributed by atoms with Gasteiger partial charge in [-0.3, -0.25) is 14.4 Å². The maximum atomic E-state index is 12.9. The molecule has 0 N–H and O–H groups in total. The number of nitrogens with zero attached hydrogens (tertiary/aromatic N) is 6. The summed E-state index contributed by atoms with van der Waals surface area (Å²) in [4.78, 5) is 21.7. The van der Waals surface area contributed by atoms with E-state index in [0.717, 1.165) is 41.9 Å². The van der Waals surface area contributed by atoms with Gasteiger partial charge >= 0.3 is 0 Å². The molecule has 0 bridgehead atoms. The normalized spacial score (nSPS) is 14.0. The molecule has 7 heteroatoms. The van der Waals surface area contributed by atoms with Gasteiger partial charge in [-0.05, 0) is 17.7 Å². The van der Waals surface area contributed by atoms with Crippen molar-refractivity contribution in [2.45, 2.75) is 26.1 Å². The lowest BCUT2D eigenvalue weighted by Gasteiger charge is -2.27. The summed E-state index contributed by atoms with van der Waals surface area (Å²) in [6.45, 7) is 3.02. The highest BCUT2D eigenvalue weighted by Crippen LogP contribution is 2.26. The summed E-state index contributed by atoms with van der Waals surface area (Å²) >= 11 is 0. The molecule has 4 aromatic rings. The molecule has 2 aromatic carbocycles. The summed E-state index contributed by atoms with van der Waals surface area (Å²) in [7, 11) is 5.63. The molecule has 32 heavy (non-hydrogen) atoms. The van der Waals surface area contributed by atoms with Crippen molar-refractivity contribution in [1.82, 2.24) is 29.1 Å².